The Morgan fingerprint density at radius 3 is 2.04 bits per heavy atom. The maximum Gasteiger partial charge on any atom is 0.255 e. The number of carbonyl (C=O) groups is 2. The highest BCUT2D eigenvalue weighted by Crippen LogP contribution is 2.24. The SMILES string of the molecule is COc1ccc(C(=O)N2CCN(C(=O)c3ccc(C)cc3)CC2)c(Cl)c1. The first-order valence-electron chi connectivity index (χ1n) is 8.48. The Hall–Kier alpha value is -2.53. The molecule has 1 aliphatic heterocycles. The van der Waals surface area contributed by atoms with Crippen LogP contribution in [0.4, 0.5) is 0 Å². The molecule has 0 spiro atoms. The Balaban J connectivity index is 1.63. The molecule has 0 N–H and O–H groups in total. The number of ether oxygens (including phenoxy) is 1. The lowest BCUT2D eigenvalue weighted by Crippen LogP contribution is -2.50. The third kappa shape index (κ3) is 3.83. The van der Waals surface area contributed by atoms with E-state index in [1.807, 2.05) is 31.2 Å². The van der Waals surface area contributed by atoms with Gasteiger partial charge in [0.2, 0.25) is 0 Å². The van der Waals surface area contributed by atoms with Crippen molar-refractivity contribution in [2.45, 2.75) is 6.92 Å². The van der Waals surface area contributed by atoms with Crippen molar-refractivity contribution in [2.75, 3.05) is 33.3 Å². The average molecular weight is 373 g/mol. The lowest BCUT2D eigenvalue weighted by atomic mass is 10.1. The first kappa shape index (κ1) is 18.3. The Labute approximate surface area is 158 Å². The summed E-state index contributed by atoms with van der Waals surface area (Å²) < 4.78 is 5.11. The zero-order valence-electron chi connectivity index (χ0n) is 14.9. The van der Waals surface area contributed by atoms with E-state index in [0.29, 0.717) is 48.1 Å². The van der Waals surface area contributed by atoms with Crippen LogP contribution in [0, 0.1) is 6.92 Å². The van der Waals surface area contributed by atoms with E-state index in [9.17, 15) is 9.59 Å². The zero-order valence-corrected chi connectivity index (χ0v) is 15.6. The van der Waals surface area contributed by atoms with E-state index in [4.69, 9.17) is 16.3 Å². The van der Waals surface area contributed by atoms with Crippen molar-refractivity contribution in [3.05, 3.63) is 64.2 Å². The molecule has 26 heavy (non-hydrogen) atoms. The minimum atomic E-state index is -0.125. The van der Waals surface area contributed by atoms with E-state index >= 15 is 0 Å². The summed E-state index contributed by atoms with van der Waals surface area (Å²) in [7, 11) is 1.55. The van der Waals surface area contributed by atoms with Gasteiger partial charge in [0.25, 0.3) is 11.8 Å². The molecule has 0 radical (unpaired) electrons. The van der Waals surface area contributed by atoms with Gasteiger partial charge in [0.1, 0.15) is 5.75 Å². The highest BCUT2D eigenvalue weighted by atomic mass is 35.5. The largest absolute Gasteiger partial charge is 0.497 e. The molecular formula is C20H21ClN2O3. The molecule has 1 aliphatic rings. The summed E-state index contributed by atoms with van der Waals surface area (Å²) in [6.45, 7) is 3.97. The highest BCUT2D eigenvalue weighted by Gasteiger charge is 2.26. The molecule has 2 amide bonds. The molecule has 0 unspecified atom stereocenters. The maximum absolute atomic E-state index is 12.7. The van der Waals surface area contributed by atoms with E-state index in [2.05, 4.69) is 0 Å². The van der Waals surface area contributed by atoms with Crippen LogP contribution in [0.2, 0.25) is 5.02 Å². The summed E-state index contributed by atoms with van der Waals surface area (Å²) in [5, 5.41) is 0.368. The fourth-order valence-electron chi connectivity index (χ4n) is 2.96. The van der Waals surface area contributed by atoms with Gasteiger partial charge < -0.3 is 14.5 Å². The first-order valence-corrected chi connectivity index (χ1v) is 8.86. The molecule has 0 bridgehead atoms. The minimum absolute atomic E-state index is 0.000390. The minimum Gasteiger partial charge on any atom is -0.497 e. The molecular weight excluding hydrogens is 352 g/mol. The first-order chi connectivity index (χ1) is 12.5. The summed E-state index contributed by atoms with van der Waals surface area (Å²) in [5.41, 5.74) is 2.24. The highest BCUT2D eigenvalue weighted by molar-refractivity contribution is 6.34. The fourth-order valence-corrected chi connectivity index (χ4v) is 3.21. The third-order valence-corrected chi connectivity index (χ3v) is 4.87. The van der Waals surface area contributed by atoms with Gasteiger partial charge in [0.15, 0.2) is 0 Å². The predicted molar refractivity (Wildman–Crippen MR) is 101 cm³/mol. The van der Waals surface area contributed by atoms with Crippen LogP contribution in [0.15, 0.2) is 42.5 Å². The van der Waals surface area contributed by atoms with Crippen molar-refractivity contribution in [1.82, 2.24) is 9.80 Å². The molecule has 136 valence electrons. The van der Waals surface area contributed by atoms with Crippen LogP contribution in [-0.2, 0) is 0 Å². The number of nitrogens with zero attached hydrogens (tertiary/aromatic N) is 2. The molecule has 0 atom stereocenters. The Morgan fingerprint density at radius 1 is 0.923 bits per heavy atom. The second-order valence-corrected chi connectivity index (χ2v) is 6.70. The van der Waals surface area contributed by atoms with Crippen LogP contribution in [0.1, 0.15) is 26.3 Å². The number of carbonyl (C=O) groups excluding carboxylic acids is 2. The van der Waals surface area contributed by atoms with Crippen molar-refractivity contribution < 1.29 is 14.3 Å². The van der Waals surface area contributed by atoms with Gasteiger partial charge in [-0.15, -0.1) is 0 Å². The molecule has 1 heterocycles. The van der Waals surface area contributed by atoms with E-state index in [0.717, 1.165) is 5.56 Å². The number of halogens is 1. The van der Waals surface area contributed by atoms with Crippen LogP contribution in [-0.4, -0.2) is 54.9 Å². The molecule has 0 aliphatic carbocycles. The standard InChI is InChI=1S/C20H21ClN2O3/c1-14-3-5-15(6-4-14)19(24)22-9-11-23(12-10-22)20(25)17-8-7-16(26-2)13-18(17)21/h3-8,13H,9-12H2,1-2H3. The van der Waals surface area contributed by atoms with Gasteiger partial charge in [0, 0.05) is 31.7 Å². The van der Waals surface area contributed by atoms with E-state index < -0.39 is 0 Å². The van der Waals surface area contributed by atoms with Gasteiger partial charge in [-0.1, -0.05) is 29.3 Å². The molecule has 0 aromatic heterocycles. The lowest BCUT2D eigenvalue weighted by molar-refractivity contribution is 0.0535. The maximum atomic E-state index is 12.7. The van der Waals surface area contributed by atoms with Gasteiger partial charge in [-0.05, 0) is 37.3 Å². The monoisotopic (exact) mass is 372 g/mol. The number of benzene rings is 2. The molecule has 1 saturated heterocycles. The molecule has 2 aromatic carbocycles. The lowest BCUT2D eigenvalue weighted by Gasteiger charge is -2.35. The van der Waals surface area contributed by atoms with Gasteiger partial charge >= 0.3 is 0 Å². The molecule has 1 fully saturated rings. The van der Waals surface area contributed by atoms with Gasteiger partial charge in [-0.2, -0.15) is 0 Å². The molecule has 5 nitrogen and oxygen atoms in total. The van der Waals surface area contributed by atoms with Gasteiger partial charge in [0.05, 0.1) is 17.7 Å². The van der Waals surface area contributed by atoms with Crippen LogP contribution in [0.5, 0.6) is 5.75 Å². The second kappa shape index (κ2) is 7.79. The number of aryl methyl sites for hydroxylation is 1. The average Bonchev–Trinajstić information content (AvgIpc) is 2.67. The van der Waals surface area contributed by atoms with Crippen LogP contribution >= 0.6 is 11.6 Å². The second-order valence-electron chi connectivity index (χ2n) is 6.30. The normalized spacial score (nSPS) is 14.3. The zero-order chi connectivity index (χ0) is 18.7. The predicted octanol–water partition coefficient (Wildman–Crippen LogP) is 3.26. The Morgan fingerprint density at radius 2 is 1.50 bits per heavy atom. The van der Waals surface area contributed by atoms with Crippen molar-refractivity contribution in [2.24, 2.45) is 0 Å². The summed E-state index contributed by atoms with van der Waals surface area (Å²) in [6.07, 6.45) is 0. The summed E-state index contributed by atoms with van der Waals surface area (Å²) in [6, 6.07) is 12.6. The number of hydrogen-bond acceptors (Lipinski definition) is 3. The quantitative estimate of drug-likeness (QED) is 0.831. The number of piperazine rings is 1. The summed E-state index contributed by atoms with van der Waals surface area (Å²) >= 11 is 6.20. The number of methoxy groups -OCH3 is 1. The van der Waals surface area contributed by atoms with Crippen LogP contribution in [0.25, 0.3) is 0 Å². The summed E-state index contributed by atoms with van der Waals surface area (Å²) in [4.78, 5) is 28.8. The van der Waals surface area contributed by atoms with Crippen molar-refractivity contribution in [3.63, 3.8) is 0 Å². The van der Waals surface area contributed by atoms with Gasteiger partial charge in [-0.25, -0.2) is 0 Å². The smallest absolute Gasteiger partial charge is 0.255 e. The Bertz CT molecular complexity index is 812. The van der Waals surface area contributed by atoms with Crippen molar-refractivity contribution in [1.29, 1.82) is 0 Å². The van der Waals surface area contributed by atoms with E-state index in [-0.39, 0.29) is 11.8 Å². The Kier molecular flexibility index (Phi) is 5.47. The number of hydrogen-bond donors (Lipinski definition) is 0. The van der Waals surface area contributed by atoms with E-state index in [1.54, 1.807) is 35.1 Å². The number of amides is 2. The molecule has 0 saturated carbocycles. The fraction of sp³-hybridized carbons (Fsp3) is 0.300. The molecule has 2 aromatic rings. The molecule has 3 rings (SSSR count). The summed E-state index contributed by atoms with van der Waals surface area (Å²) in [5.74, 6) is 0.486. The van der Waals surface area contributed by atoms with Crippen molar-refractivity contribution in [3.8, 4) is 5.75 Å². The van der Waals surface area contributed by atoms with Crippen molar-refractivity contribution >= 4 is 23.4 Å². The van der Waals surface area contributed by atoms with Crippen LogP contribution in [0.3, 0.4) is 0 Å². The topological polar surface area (TPSA) is 49.9 Å². The third-order valence-electron chi connectivity index (χ3n) is 4.56. The van der Waals surface area contributed by atoms with Gasteiger partial charge in [-0.3, -0.25) is 9.59 Å². The molecule has 6 heteroatoms. The van der Waals surface area contributed by atoms with E-state index in [1.165, 1.54) is 0 Å². The number of rotatable bonds is 3. The van der Waals surface area contributed by atoms with Crippen LogP contribution < -0.4 is 4.74 Å².